The minimum Gasteiger partial charge on any atom is -0.489 e. The van der Waals surface area contributed by atoms with E-state index in [1.807, 2.05) is 13.8 Å². The fourth-order valence-corrected chi connectivity index (χ4v) is 1.53. The van der Waals surface area contributed by atoms with Crippen LogP contribution in [-0.2, 0) is 0 Å². The zero-order valence-corrected chi connectivity index (χ0v) is 14.8. The summed E-state index contributed by atoms with van der Waals surface area (Å²) >= 11 is 0. The monoisotopic (exact) mass is 431 g/mol. The van der Waals surface area contributed by atoms with Gasteiger partial charge in [0.15, 0.2) is 5.96 Å². The molecule has 0 aromatic heterocycles. The van der Waals surface area contributed by atoms with Gasteiger partial charge in [-0.05, 0) is 38.1 Å². The van der Waals surface area contributed by atoms with E-state index >= 15 is 0 Å². The fourth-order valence-electron chi connectivity index (χ4n) is 1.53. The number of guanidine groups is 1. The van der Waals surface area contributed by atoms with Gasteiger partial charge in [0.2, 0.25) is 0 Å². The molecule has 0 aliphatic heterocycles. The van der Waals surface area contributed by atoms with Gasteiger partial charge in [-0.15, -0.1) is 24.0 Å². The van der Waals surface area contributed by atoms with Gasteiger partial charge in [-0.1, -0.05) is 0 Å². The lowest BCUT2D eigenvalue weighted by atomic mass is 10.3. The highest BCUT2D eigenvalue weighted by Crippen LogP contribution is 2.12. The normalized spacial score (nSPS) is 12.5. The summed E-state index contributed by atoms with van der Waals surface area (Å²) < 4.78 is 42.6. The van der Waals surface area contributed by atoms with Crippen molar-refractivity contribution in [3.05, 3.63) is 30.1 Å². The van der Waals surface area contributed by atoms with Crippen LogP contribution in [0.3, 0.4) is 0 Å². The molecule has 22 heavy (non-hydrogen) atoms. The molecule has 0 amide bonds. The molecule has 1 rings (SSSR count). The lowest BCUT2D eigenvalue weighted by molar-refractivity contribution is 0.158. The highest BCUT2D eigenvalue weighted by Gasteiger charge is 2.07. The van der Waals surface area contributed by atoms with Crippen LogP contribution in [0.4, 0.5) is 13.2 Å². The molecule has 4 nitrogen and oxygen atoms in total. The number of hydrogen-bond donors (Lipinski definition) is 2. The third kappa shape index (κ3) is 8.96. The summed E-state index contributed by atoms with van der Waals surface area (Å²) in [7, 11) is 0. The molecule has 1 aromatic rings. The Kier molecular flexibility index (Phi) is 10.8. The van der Waals surface area contributed by atoms with Crippen molar-refractivity contribution in [2.45, 2.75) is 26.4 Å². The summed E-state index contributed by atoms with van der Waals surface area (Å²) in [6, 6.07) is 5.68. The molecule has 8 heteroatoms. The summed E-state index contributed by atoms with van der Waals surface area (Å²) in [6.07, 6.45) is -2.71. The maximum absolute atomic E-state index is 12.8. The van der Waals surface area contributed by atoms with Crippen molar-refractivity contribution < 1.29 is 17.9 Å². The van der Waals surface area contributed by atoms with Gasteiger partial charge in [0.05, 0.1) is 6.54 Å². The maximum atomic E-state index is 12.8. The number of halogens is 4. The molecule has 0 radical (unpaired) electrons. The largest absolute Gasteiger partial charge is 0.489 e. The average molecular weight is 431 g/mol. The number of rotatable bonds is 7. The van der Waals surface area contributed by atoms with Crippen LogP contribution in [0.5, 0.6) is 5.75 Å². The molecule has 1 aromatic carbocycles. The third-order valence-corrected chi connectivity index (χ3v) is 2.44. The van der Waals surface area contributed by atoms with Gasteiger partial charge in [0.25, 0.3) is 6.43 Å². The molecular formula is C14H21F3IN3O. The molecule has 1 atom stereocenters. The minimum atomic E-state index is -2.48. The van der Waals surface area contributed by atoms with Crippen molar-refractivity contribution in [3.8, 4) is 5.75 Å². The Hall–Kier alpha value is -1.19. The van der Waals surface area contributed by atoms with E-state index in [9.17, 15) is 13.2 Å². The van der Waals surface area contributed by atoms with Crippen LogP contribution in [0.15, 0.2) is 29.3 Å². The van der Waals surface area contributed by atoms with Gasteiger partial charge < -0.3 is 15.4 Å². The highest BCUT2D eigenvalue weighted by atomic mass is 127. The molecule has 2 N–H and O–H groups in total. The van der Waals surface area contributed by atoms with Crippen molar-refractivity contribution in [3.63, 3.8) is 0 Å². The second-order valence-electron chi connectivity index (χ2n) is 4.37. The Labute approximate surface area is 145 Å². The van der Waals surface area contributed by atoms with E-state index < -0.39 is 13.0 Å². The van der Waals surface area contributed by atoms with Crippen LogP contribution >= 0.6 is 24.0 Å². The number of hydrogen-bond acceptors (Lipinski definition) is 2. The Bertz CT molecular complexity index is 443. The van der Waals surface area contributed by atoms with E-state index in [1.54, 1.807) is 0 Å². The van der Waals surface area contributed by atoms with Gasteiger partial charge in [0.1, 0.15) is 24.2 Å². The van der Waals surface area contributed by atoms with Gasteiger partial charge in [-0.25, -0.2) is 18.2 Å². The van der Waals surface area contributed by atoms with Crippen LogP contribution in [0.1, 0.15) is 13.8 Å². The Morgan fingerprint density at radius 1 is 1.23 bits per heavy atom. The zero-order chi connectivity index (χ0) is 15.7. The Morgan fingerprint density at radius 2 is 1.86 bits per heavy atom. The molecule has 0 aliphatic carbocycles. The molecule has 0 heterocycles. The summed E-state index contributed by atoms with van der Waals surface area (Å²) in [4.78, 5) is 3.74. The summed E-state index contributed by atoms with van der Waals surface area (Å²) in [6.45, 7) is 4.06. The first kappa shape index (κ1) is 20.8. The van der Waals surface area contributed by atoms with Crippen molar-refractivity contribution in [1.29, 1.82) is 0 Å². The van der Waals surface area contributed by atoms with E-state index in [0.717, 1.165) is 0 Å². The summed E-state index contributed by atoms with van der Waals surface area (Å²) in [5.74, 6) is 0.522. The average Bonchev–Trinajstić information content (AvgIpc) is 2.44. The number of benzene rings is 1. The number of nitrogens with zero attached hydrogens (tertiary/aromatic N) is 1. The quantitative estimate of drug-likeness (QED) is 0.397. The van der Waals surface area contributed by atoms with E-state index in [0.29, 0.717) is 24.8 Å². The lowest BCUT2D eigenvalue weighted by Crippen LogP contribution is -2.42. The van der Waals surface area contributed by atoms with E-state index in [2.05, 4.69) is 15.6 Å². The molecule has 1 unspecified atom stereocenters. The van der Waals surface area contributed by atoms with Crippen LogP contribution in [0.2, 0.25) is 0 Å². The van der Waals surface area contributed by atoms with Crippen LogP contribution in [0.25, 0.3) is 0 Å². The smallest absolute Gasteiger partial charge is 0.257 e. The molecule has 0 aliphatic rings. The first-order valence-electron chi connectivity index (χ1n) is 6.73. The molecular weight excluding hydrogens is 410 g/mol. The third-order valence-electron chi connectivity index (χ3n) is 2.44. The number of ether oxygens (including phenoxy) is 1. The topological polar surface area (TPSA) is 45.7 Å². The Balaban J connectivity index is 0.00000441. The van der Waals surface area contributed by atoms with Crippen LogP contribution in [0, 0.1) is 5.82 Å². The van der Waals surface area contributed by atoms with Gasteiger partial charge in [-0.3, -0.25) is 0 Å². The fraction of sp³-hybridized carbons (Fsp3) is 0.500. The highest BCUT2D eigenvalue weighted by molar-refractivity contribution is 14.0. The van der Waals surface area contributed by atoms with E-state index in [1.165, 1.54) is 24.3 Å². The van der Waals surface area contributed by atoms with Crippen molar-refractivity contribution in [2.24, 2.45) is 4.99 Å². The van der Waals surface area contributed by atoms with E-state index in [4.69, 9.17) is 4.74 Å². The number of nitrogens with one attached hydrogen (secondary N) is 2. The number of aliphatic imine (C=N–C) groups is 1. The second-order valence-corrected chi connectivity index (χ2v) is 4.37. The molecule has 0 fully saturated rings. The second kappa shape index (κ2) is 11.4. The van der Waals surface area contributed by atoms with Crippen molar-refractivity contribution in [2.75, 3.05) is 19.6 Å². The number of alkyl halides is 2. The van der Waals surface area contributed by atoms with Crippen LogP contribution < -0.4 is 15.4 Å². The first-order valence-corrected chi connectivity index (χ1v) is 6.73. The molecule has 126 valence electrons. The standard InChI is InChI=1S/C14H20F3N3O.HI/c1-3-18-14(20-9-13(16)17)19-8-10(2)21-12-6-4-11(15)5-7-12;/h4-7,10,13H,3,8-9H2,1-2H3,(H2,18,19,20);1H. The van der Waals surface area contributed by atoms with E-state index in [-0.39, 0.29) is 35.9 Å². The minimum absolute atomic E-state index is 0. The zero-order valence-electron chi connectivity index (χ0n) is 12.5. The summed E-state index contributed by atoms with van der Waals surface area (Å²) in [5.41, 5.74) is 0. The van der Waals surface area contributed by atoms with Crippen LogP contribution in [-0.4, -0.2) is 38.1 Å². The summed E-state index contributed by atoms with van der Waals surface area (Å²) in [5, 5.41) is 5.78. The van der Waals surface area contributed by atoms with Gasteiger partial charge >= 0.3 is 0 Å². The molecule has 0 spiro atoms. The maximum Gasteiger partial charge on any atom is 0.257 e. The van der Waals surface area contributed by atoms with Gasteiger partial charge in [-0.2, -0.15) is 0 Å². The SMILES string of the molecule is CCNC(=NCC(F)F)NCC(C)Oc1ccc(F)cc1.I. The lowest BCUT2D eigenvalue weighted by Gasteiger charge is -2.17. The molecule has 0 saturated heterocycles. The molecule has 0 bridgehead atoms. The van der Waals surface area contributed by atoms with Crippen molar-refractivity contribution >= 4 is 29.9 Å². The molecule has 0 saturated carbocycles. The van der Waals surface area contributed by atoms with Crippen molar-refractivity contribution in [1.82, 2.24) is 10.6 Å². The predicted octanol–water partition coefficient (Wildman–Crippen LogP) is 3.03. The predicted molar refractivity (Wildman–Crippen MR) is 91.9 cm³/mol. The Morgan fingerprint density at radius 3 is 2.41 bits per heavy atom. The first-order chi connectivity index (χ1) is 10.0. The van der Waals surface area contributed by atoms with Gasteiger partial charge in [0, 0.05) is 6.54 Å².